The van der Waals surface area contributed by atoms with E-state index in [1.165, 1.54) is 16.8 Å². The molecule has 9 heteroatoms. The number of piperidine rings is 1. The molecule has 174 valence electrons. The summed E-state index contributed by atoms with van der Waals surface area (Å²) in [5.41, 5.74) is 1.60. The lowest BCUT2D eigenvalue weighted by Crippen LogP contribution is -2.43. The number of carbonyl (C=O) groups is 1. The van der Waals surface area contributed by atoms with Crippen molar-refractivity contribution in [1.82, 2.24) is 19.2 Å². The van der Waals surface area contributed by atoms with Crippen LogP contribution >= 0.6 is 0 Å². The highest BCUT2D eigenvalue weighted by Gasteiger charge is 2.35. The lowest BCUT2D eigenvalue weighted by Gasteiger charge is -2.35. The van der Waals surface area contributed by atoms with Gasteiger partial charge in [-0.25, -0.2) is 17.8 Å². The van der Waals surface area contributed by atoms with Crippen LogP contribution in [0.25, 0.3) is 0 Å². The lowest BCUT2D eigenvalue weighted by atomic mass is 9.85. The van der Waals surface area contributed by atoms with Gasteiger partial charge in [-0.1, -0.05) is 48.5 Å². The van der Waals surface area contributed by atoms with E-state index in [1.807, 2.05) is 30.3 Å². The van der Waals surface area contributed by atoms with Crippen LogP contribution in [-0.4, -0.2) is 41.3 Å². The molecule has 1 aromatic heterocycles. The van der Waals surface area contributed by atoms with Crippen LogP contribution < -0.4 is 5.32 Å². The molecule has 1 fully saturated rings. The van der Waals surface area contributed by atoms with Crippen molar-refractivity contribution in [2.75, 3.05) is 13.1 Å². The first-order valence-corrected chi connectivity index (χ1v) is 12.3. The summed E-state index contributed by atoms with van der Waals surface area (Å²) in [4.78, 5) is 17.1. The number of aryl methyl sites for hydroxylation is 1. The number of benzene rings is 2. The van der Waals surface area contributed by atoms with Crippen LogP contribution in [0.4, 0.5) is 4.39 Å². The molecule has 1 saturated heterocycles. The van der Waals surface area contributed by atoms with Crippen LogP contribution in [0.15, 0.2) is 72.1 Å². The molecular weight excluding hydrogens is 443 g/mol. The predicted octanol–water partition coefficient (Wildman–Crippen LogP) is 3.46. The number of hydrogen-bond acceptors (Lipinski definition) is 4. The van der Waals surface area contributed by atoms with Gasteiger partial charge in [-0.3, -0.25) is 4.79 Å². The van der Waals surface area contributed by atoms with Crippen molar-refractivity contribution in [2.24, 2.45) is 13.0 Å². The Kier molecular flexibility index (Phi) is 6.90. The summed E-state index contributed by atoms with van der Waals surface area (Å²) in [7, 11) is -1.93. The number of nitrogens with one attached hydrogen (secondary N) is 1. The number of hydrogen-bond donors (Lipinski definition) is 1. The van der Waals surface area contributed by atoms with E-state index in [2.05, 4.69) is 10.3 Å². The van der Waals surface area contributed by atoms with E-state index < -0.39 is 16.7 Å². The SMILES string of the molecule is Cn1cnc(S(=O)(=O)N2CCC(C(NC(=O)c3ccccc3CF)c3ccccc3)CC2)c1. The summed E-state index contributed by atoms with van der Waals surface area (Å²) >= 11 is 0. The van der Waals surface area contributed by atoms with Gasteiger partial charge in [0, 0.05) is 31.9 Å². The molecule has 0 spiro atoms. The maximum atomic E-state index is 13.4. The van der Waals surface area contributed by atoms with Gasteiger partial charge in [0.25, 0.3) is 15.9 Å². The Hall–Kier alpha value is -3.04. The van der Waals surface area contributed by atoms with Crippen LogP contribution in [-0.2, 0) is 23.7 Å². The van der Waals surface area contributed by atoms with Crippen LogP contribution in [0.5, 0.6) is 0 Å². The zero-order valence-corrected chi connectivity index (χ0v) is 19.2. The Labute approximate surface area is 193 Å². The predicted molar refractivity (Wildman–Crippen MR) is 123 cm³/mol. The van der Waals surface area contributed by atoms with Crippen molar-refractivity contribution in [3.8, 4) is 0 Å². The number of carbonyl (C=O) groups excluding carboxylic acids is 1. The zero-order valence-electron chi connectivity index (χ0n) is 18.4. The molecule has 1 atom stereocenters. The minimum atomic E-state index is -3.66. The molecule has 1 N–H and O–H groups in total. The van der Waals surface area contributed by atoms with Gasteiger partial charge in [-0.05, 0) is 36.0 Å². The first kappa shape index (κ1) is 23.1. The third kappa shape index (κ3) is 4.99. The highest BCUT2D eigenvalue weighted by atomic mass is 32.2. The summed E-state index contributed by atoms with van der Waals surface area (Å²) < 4.78 is 42.3. The summed E-state index contributed by atoms with van der Waals surface area (Å²) in [5, 5.41) is 3.13. The van der Waals surface area contributed by atoms with E-state index >= 15 is 0 Å². The number of sulfonamides is 1. The molecule has 1 amide bonds. The number of rotatable bonds is 7. The van der Waals surface area contributed by atoms with Crippen molar-refractivity contribution >= 4 is 15.9 Å². The maximum Gasteiger partial charge on any atom is 0.262 e. The molecule has 2 heterocycles. The molecular formula is C24H27FN4O3S. The molecule has 0 bridgehead atoms. The number of aromatic nitrogens is 2. The summed E-state index contributed by atoms with van der Waals surface area (Å²) in [6, 6.07) is 15.9. The zero-order chi connectivity index (χ0) is 23.4. The van der Waals surface area contributed by atoms with Gasteiger partial charge in [-0.15, -0.1) is 0 Å². The normalized spacial score (nSPS) is 16.4. The monoisotopic (exact) mass is 470 g/mol. The minimum absolute atomic E-state index is 0.0315. The van der Waals surface area contributed by atoms with Crippen LogP contribution in [0.1, 0.15) is 40.4 Å². The Morgan fingerprint density at radius 1 is 1.12 bits per heavy atom. The van der Waals surface area contributed by atoms with E-state index in [1.54, 1.807) is 35.9 Å². The Bertz CT molecular complexity index is 1210. The van der Waals surface area contributed by atoms with Gasteiger partial charge < -0.3 is 9.88 Å². The van der Waals surface area contributed by atoms with Crippen molar-refractivity contribution in [2.45, 2.75) is 30.6 Å². The van der Waals surface area contributed by atoms with Gasteiger partial charge in [0.15, 0.2) is 5.03 Å². The Morgan fingerprint density at radius 3 is 2.42 bits per heavy atom. The molecule has 1 aliphatic rings. The van der Waals surface area contributed by atoms with Crippen LogP contribution in [0, 0.1) is 5.92 Å². The quantitative estimate of drug-likeness (QED) is 0.573. The highest BCUT2D eigenvalue weighted by Crippen LogP contribution is 2.33. The molecule has 4 rings (SSSR count). The lowest BCUT2D eigenvalue weighted by molar-refractivity contribution is 0.0906. The number of nitrogens with zero attached hydrogens (tertiary/aromatic N) is 3. The Morgan fingerprint density at radius 2 is 1.79 bits per heavy atom. The molecule has 3 aromatic rings. The second-order valence-corrected chi connectivity index (χ2v) is 10.2. The smallest absolute Gasteiger partial charge is 0.262 e. The fourth-order valence-corrected chi connectivity index (χ4v) is 5.75. The Balaban J connectivity index is 1.53. The van der Waals surface area contributed by atoms with Gasteiger partial charge in [-0.2, -0.15) is 4.31 Å². The van der Waals surface area contributed by atoms with E-state index in [0.717, 1.165) is 5.56 Å². The number of imidazole rings is 1. The summed E-state index contributed by atoms with van der Waals surface area (Å²) in [5.74, 6) is -0.301. The van der Waals surface area contributed by atoms with E-state index in [-0.39, 0.29) is 22.9 Å². The fraction of sp³-hybridized carbons (Fsp3) is 0.333. The van der Waals surface area contributed by atoms with Crippen molar-refractivity contribution in [3.63, 3.8) is 0 Å². The first-order chi connectivity index (χ1) is 15.9. The van der Waals surface area contributed by atoms with Gasteiger partial charge in [0.1, 0.15) is 6.67 Å². The molecule has 0 radical (unpaired) electrons. The van der Waals surface area contributed by atoms with Crippen molar-refractivity contribution < 1.29 is 17.6 Å². The molecule has 0 aliphatic carbocycles. The molecule has 0 saturated carbocycles. The molecule has 1 unspecified atom stereocenters. The average molecular weight is 471 g/mol. The largest absolute Gasteiger partial charge is 0.345 e. The third-order valence-corrected chi connectivity index (χ3v) is 7.89. The number of alkyl halides is 1. The van der Waals surface area contributed by atoms with Crippen LogP contribution in [0.2, 0.25) is 0 Å². The van der Waals surface area contributed by atoms with Gasteiger partial charge >= 0.3 is 0 Å². The van der Waals surface area contributed by atoms with Gasteiger partial charge in [0.05, 0.1) is 12.4 Å². The molecule has 1 aliphatic heterocycles. The second-order valence-electron chi connectivity index (χ2n) is 8.27. The molecule has 2 aromatic carbocycles. The van der Waals surface area contributed by atoms with E-state index in [4.69, 9.17) is 0 Å². The van der Waals surface area contributed by atoms with E-state index in [0.29, 0.717) is 37.1 Å². The standard InChI is InChI=1S/C24H27FN4O3S/c1-28-16-22(26-17-28)33(31,32)29-13-11-19(12-14-29)23(18-7-3-2-4-8-18)27-24(30)21-10-6-5-9-20(21)15-25/h2-10,16-17,19,23H,11-15H2,1H3,(H,27,30). The van der Waals surface area contributed by atoms with E-state index in [9.17, 15) is 17.6 Å². The summed E-state index contributed by atoms with van der Waals surface area (Å²) in [6.45, 7) is -0.0446. The highest BCUT2D eigenvalue weighted by molar-refractivity contribution is 7.89. The minimum Gasteiger partial charge on any atom is -0.345 e. The van der Waals surface area contributed by atoms with Crippen molar-refractivity contribution in [3.05, 3.63) is 83.8 Å². The topological polar surface area (TPSA) is 84.3 Å². The summed E-state index contributed by atoms with van der Waals surface area (Å²) in [6.07, 6.45) is 4.12. The number of amides is 1. The molecule has 7 nitrogen and oxygen atoms in total. The average Bonchev–Trinajstić information content (AvgIpc) is 3.30. The number of halogens is 1. The molecule has 33 heavy (non-hydrogen) atoms. The second kappa shape index (κ2) is 9.84. The van der Waals surface area contributed by atoms with Gasteiger partial charge in [0.2, 0.25) is 0 Å². The maximum absolute atomic E-state index is 13.4. The van der Waals surface area contributed by atoms with Crippen molar-refractivity contribution in [1.29, 1.82) is 0 Å². The first-order valence-electron chi connectivity index (χ1n) is 10.9. The third-order valence-electron chi connectivity index (χ3n) is 6.11. The fourth-order valence-electron chi connectivity index (χ4n) is 4.31. The van der Waals surface area contributed by atoms with Crippen LogP contribution in [0.3, 0.4) is 0 Å².